The fraction of sp³-hybridized carbons (Fsp3) is 0.727. The van der Waals surface area contributed by atoms with E-state index in [1.165, 1.54) is 0 Å². The topological polar surface area (TPSA) is 29.1 Å². The first kappa shape index (κ1) is 12.2. The van der Waals surface area contributed by atoms with Gasteiger partial charge >= 0.3 is 0 Å². The summed E-state index contributed by atoms with van der Waals surface area (Å²) >= 11 is 0. The first-order valence-corrected chi connectivity index (χ1v) is 4.80. The molecule has 0 amide bonds. The van der Waals surface area contributed by atoms with Crippen LogP contribution < -0.4 is 5.32 Å². The molecule has 2 heteroatoms. The smallest absolute Gasteiger partial charge is 0.133 e. The second-order valence-corrected chi connectivity index (χ2v) is 3.59. The maximum atomic E-state index is 10.2. The predicted octanol–water partition coefficient (Wildman–Crippen LogP) is 1.75. The van der Waals surface area contributed by atoms with Crippen molar-refractivity contribution in [3.05, 3.63) is 0 Å². The summed E-state index contributed by atoms with van der Waals surface area (Å²) in [4.78, 5) is 10.2. The van der Waals surface area contributed by atoms with Crippen molar-refractivity contribution in [1.29, 1.82) is 0 Å². The van der Waals surface area contributed by atoms with Crippen LogP contribution in [0.1, 0.15) is 39.5 Å². The molecule has 0 aromatic rings. The third-order valence-corrected chi connectivity index (χ3v) is 2.19. The summed E-state index contributed by atoms with van der Waals surface area (Å²) in [6.45, 7) is 4.62. The maximum Gasteiger partial charge on any atom is 0.133 e. The zero-order chi connectivity index (χ0) is 10.2. The fourth-order valence-corrected chi connectivity index (χ4v) is 1.32. The van der Waals surface area contributed by atoms with E-state index in [9.17, 15) is 4.79 Å². The van der Waals surface area contributed by atoms with E-state index in [-0.39, 0.29) is 5.54 Å². The van der Waals surface area contributed by atoms with Crippen LogP contribution in [0, 0.1) is 12.3 Å². The standard InChI is InChI=1S/C11H19NO/c1-4-6-8-11(3,7-5-2)12-9-10-13/h2,10,12H,4,6-9H2,1,3H3. The number of rotatable bonds is 7. The molecule has 0 aliphatic carbocycles. The van der Waals surface area contributed by atoms with Gasteiger partial charge in [0, 0.05) is 12.0 Å². The number of nitrogens with one attached hydrogen (secondary N) is 1. The van der Waals surface area contributed by atoms with Crippen LogP contribution in [0.25, 0.3) is 0 Å². The van der Waals surface area contributed by atoms with E-state index in [1.54, 1.807) is 0 Å². The van der Waals surface area contributed by atoms with Gasteiger partial charge in [0.25, 0.3) is 0 Å². The lowest BCUT2D eigenvalue weighted by atomic mass is 9.91. The van der Waals surface area contributed by atoms with E-state index < -0.39 is 0 Å². The zero-order valence-electron chi connectivity index (χ0n) is 8.60. The fourth-order valence-electron chi connectivity index (χ4n) is 1.32. The van der Waals surface area contributed by atoms with Gasteiger partial charge in [-0.2, -0.15) is 0 Å². The Morgan fingerprint density at radius 1 is 1.62 bits per heavy atom. The Labute approximate surface area is 81.1 Å². The maximum absolute atomic E-state index is 10.2. The van der Waals surface area contributed by atoms with Gasteiger partial charge in [-0.05, 0) is 13.3 Å². The first-order chi connectivity index (χ1) is 6.18. The summed E-state index contributed by atoms with van der Waals surface area (Å²) in [5, 5.41) is 3.17. The van der Waals surface area contributed by atoms with Crippen molar-refractivity contribution >= 4 is 6.29 Å². The van der Waals surface area contributed by atoms with Crippen molar-refractivity contribution in [1.82, 2.24) is 5.32 Å². The minimum absolute atomic E-state index is 0.0638. The summed E-state index contributed by atoms with van der Waals surface area (Å²) < 4.78 is 0. The van der Waals surface area contributed by atoms with Crippen LogP contribution in [0.5, 0.6) is 0 Å². The molecule has 0 spiro atoms. The second-order valence-electron chi connectivity index (χ2n) is 3.59. The molecule has 0 rings (SSSR count). The number of aldehydes is 1. The molecule has 0 bridgehead atoms. The van der Waals surface area contributed by atoms with E-state index in [2.05, 4.69) is 25.1 Å². The average molecular weight is 181 g/mol. The van der Waals surface area contributed by atoms with Crippen LogP contribution in [0.4, 0.5) is 0 Å². The molecule has 0 fully saturated rings. The van der Waals surface area contributed by atoms with Crippen LogP contribution >= 0.6 is 0 Å². The number of unbranched alkanes of at least 4 members (excludes halogenated alkanes) is 1. The molecular weight excluding hydrogens is 162 g/mol. The molecule has 0 heterocycles. The van der Waals surface area contributed by atoms with Gasteiger partial charge in [0.15, 0.2) is 0 Å². The lowest BCUT2D eigenvalue weighted by molar-refractivity contribution is -0.107. The minimum atomic E-state index is -0.0638. The van der Waals surface area contributed by atoms with Crippen molar-refractivity contribution in [2.24, 2.45) is 0 Å². The molecule has 0 saturated heterocycles. The lowest BCUT2D eigenvalue weighted by Crippen LogP contribution is -2.42. The van der Waals surface area contributed by atoms with Crippen molar-refractivity contribution in [3.63, 3.8) is 0 Å². The van der Waals surface area contributed by atoms with E-state index in [1.807, 2.05) is 0 Å². The van der Waals surface area contributed by atoms with Gasteiger partial charge in [-0.15, -0.1) is 12.3 Å². The van der Waals surface area contributed by atoms with Gasteiger partial charge in [-0.1, -0.05) is 19.8 Å². The molecule has 1 N–H and O–H groups in total. The summed E-state index contributed by atoms with van der Waals surface area (Å²) in [6, 6.07) is 0. The van der Waals surface area contributed by atoms with Gasteiger partial charge in [0.2, 0.25) is 0 Å². The normalized spacial score (nSPS) is 14.5. The van der Waals surface area contributed by atoms with Crippen LogP contribution in [0.3, 0.4) is 0 Å². The lowest BCUT2D eigenvalue weighted by Gasteiger charge is -2.28. The number of carbonyl (C=O) groups is 1. The molecule has 0 aliphatic heterocycles. The molecule has 74 valence electrons. The van der Waals surface area contributed by atoms with Crippen molar-refractivity contribution in [2.45, 2.75) is 45.1 Å². The van der Waals surface area contributed by atoms with E-state index in [0.29, 0.717) is 13.0 Å². The molecule has 0 aromatic heterocycles. The number of hydrogen-bond donors (Lipinski definition) is 1. The van der Waals surface area contributed by atoms with Crippen LogP contribution in [-0.2, 0) is 4.79 Å². The highest BCUT2D eigenvalue weighted by atomic mass is 16.1. The third-order valence-electron chi connectivity index (χ3n) is 2.19. The van der Waals surface area contributed by atoms with Gasteiger partial charge in [-0.3, -0.25) is 0 Å². The van der Waals surface area contributed by atoms with Crippen molar-refractivity contribution in [2.75, 3.05) is 6.54 Å². The molecule has 0 radical (unpaired) electrons. The molecule has 1 atom stereocenters. The SMILES string of the molecule is C#CCC(C)(CCCC)NCC=O. The highest BCUT2D eigenvalue weighted by molar-refractivity contribution is 5.52. The third kappa shape index (κ3) is 5.43. The molecular formula is C11H19NO. The summed E-state index contributed by atoms with van der Waals surface area (Å²) in [5.41, 5.74) is -0.0638. The Bertz CT molecular complexity index is 183. The van der Waals surface area contributed by atoms with E-state index in [4.69, 9.17) is 6.42 Å². The van der Waals surface area contributed by atoms with Gasteiger partial charge < -0.3 is 10.1 Å². The zero-order valence-corrected chi connectivity index (χ0v) is 8.60. The Morgan fingerprint density at radius 3 is 2.77 bits per heavy atom. The summed E-state index contributed by atoms with van der Waals surface area (Å²) in [6.07, 6.45) is 10.2. The quantitative estimate of drug-likeness (QED) is 0.479. The average Bonchev–Trinajstić information content (AvgIpc) is 2.12. The van der Waals surface area contributed by atoms with Crippen molar-refractivity contribution in [3.8, 4) is 12.3 Å². The highest BCUT2D eigenvalue weighted by Crippen LogP contribution is 2.16. The number of carbonyl (C=O) groups excluding carboxylic acids is 1. The second kappa shape index (κ2) is 6.68. The Balaban J connectivity index is 4.00. The van der Waals surface area contributed by atoms with Crippen molar-refractivity contribution < 1.29 is 4.79 Å². The van der Waals surface area contributed by atoms with Crippen LogP contribution in [0.2, 0.25) is 0 Å². The summed E-state index contributed by atoms with van der Waals surface area (Å²) in [7, 11) is 0. The Kier molecular flexibility index (Phi) is 6.26. The Hall–Kier alpha value is -0.810. The van der Waals surface area contributed by atoms with Gasteiger partial charge in [0.1, 0.15) is 6.29 Å². The number of terminal acetylenes is 1. The highest BCUT2D eigenvalue weighted by Gasteiger charge is 2.20. The number of hydrogen-bond acceptors (Lipinski definition) is 2. The Morgan fingerprint density at radius 2 is 2.31 bits per heavy atom. The van der Waals surface area contributed by atoms with Crippen LogP contribution in [0.15, 0.2) is 0 Å². The molecule has 2 nitrogen and oxygen atoms in total. The van der Waals surface area contributed by atoms with E-state index >= 15 is 0 Å². The molecule has 0 saturated carbocycles. The molecule has 1 unspecified atom stereocenters. The minimum Gasteiger partial charge on any atom is -0.304 e. The van der Waals surface area contributed by atoms with Crippen LogP contribution in [-0.4, -0.2) is 18.4 Å². The van der Waals surface area contributed by atoms with Gasteiger partial charge in [0.05, 0.1) is 6.54 Å². The summed E-state index contributed by atoms with van der Waals surface area (Å²) in [5.74, 6) is 2.65. The van der Waals surface area contributed by atoms with Gasteiger partial charge in [-0.25, -0.2) is 0 Å². The molecule has 0 aliphatic rings. The van der Waals surface area contributed by atoms with E-state index in [0.717, 1.165) is 25.5 Å². The predicted molar refractivity (Wildman–Crippen MR) is 55.4 cm³/mol. The monoisotopic (exact) mass is 181 g/mol. The largest absolute Gasteiger partial charge is 0.304 e. The first-order valence-electron chi connectivity index (χ1n) is 4.80. The molecule has 13 heavy (non-hydrogen) atoms. The molecule has 0 aromatic carbocycles.